The summed E-state index contributed by atoms with van der Waals surface area (Å²) in [5.74, 6) is -2.55. The van der Waals surface area contributed by atoms with Crippen molar-refractivity contribution >= 4 is 46.5 Å². The Hall–Kier alpha value is -3.79. The van der Waals surface area contributed by atoms with Crippen LogP contribution in [0.4, 0.5) is 5.69 Å². The minimum absolute atomic E-state index is 0.237. The van der Waals surface area contributed by atoms with Crippen LogP contribution in [0.3, 0.4) is 0 Å². The number of nitrogens with zero attached hydrogens (tertiary/aromatic N) is 2. The molecule has 2 aromatic rings. The fourth-order valence-corrected chi connectivity index (χ4v) is 3.79. The average molecular weight is 456 g/mol. The van der Waals surface area contributed by atoms with Crippen LogP contribution in [-0.4, -0.2) is 56.4 Å². The lowest BCUT2D eigenvalue weighted by molar-refractivity contribution is -0.145. The number of carbonyl (C=O) groups is 3. The number of hydrogen-bond acceptors (Lipinski definition) is 7. The maximum absolute atomic E-state index is 12.6. The predicted octanol–water partition coefficient (Wildman–Crippen LogP) is 3.57. The average Bonchev–Trinajstić information content (AvgIpc) is 3.00. The van der Waals surface area contributed by atoms with Crippen LogP contribution in [0.1, 0.15) is 29.3 Å². The molecule has 3 N–H and O–H groups in total. The number of amidine groups is 1. The molecular weight excluding hydrogens is 436 g/mol. The molecule has 0 saturated carbocycles. The Balaban J connectivity index is 1.78. The van der Waals surface area contributed by atoms with Crippen molar-refractivity contribution in [2.75, 3.05) is 7.05 Å². The van der Waals surface area contributed by atoms with Gasteiger partial charge in [-0.05, 0) is 54.1 Å². The van der Waals surface area contributed by atoms with E-state index in [2.05, 4.69) is 4.99 Å². The number of carbonyl (C=O) groups excluding carboxylic acids is 1. The summed E-state index contributed by atoms with van der Waals surface area (Å²) in [6.07, 6.45) is 1.08. The molecule has 3 rings (SSSR count). The lowest BCUT2D eigenvalue weighted by atomic mass is 10.2. The fourth-order valence-electron chi connectivity index (χ4n) is 2.80. The van der Waals surface area contributed by atoms with Crippen LogP contribution in [0.2, 0.25) is 0 Å². The van der Waals surface area contributed by atoms with Crippen molar-refractivity contribution in [2.45, 2.75) is 19.4 Å². The van der Waals surface area contributed by atoms with E-state index in [0.717, 1.165) is 17.3 Å². The van der Waals surface area contributed by atoms with E-state index in [-0.39, 0.29) is 11.5 Å². The molecule has 166 valence electrons. The number of thioether (sulfide) groups is 1. The number of phenols is 1. The van der Waals surface area contributed by atoms with Gasteiger partial charge in [-0.1, -0.05) is 19.1 Å². The van der Waals surface area contributed by atoms with Gasteiger partial charge in [0.05, 0.1) is 10.6 Å². The zero-order valence-corrected chi connectivity index (χ0v) is 18.0. The third kappa shape index (κ3) is 5.09. The van der Waals surface area contributed by atoms with Crippen LogP contribution in [0.15, 0.2) is 52.4 Å². The molecular formula is C22H20N2O7S. The van der Waals surface area contributed by atoms with Crippen molar-refractivity contribution in [3.05, 3.63) is 58.5 Å². The molecule has 0 aliphatic carbocycles. The Morgan fingerprint density at radius 3 is 2.44 bits per heavy atom. The summed E-state index contributed by atoms with van der Waals surface area (Å²) in [7, 11) is 1.56. The SMILES string of the molecule is CCC(Oc1ccc(/C=C2\SC(=Nc3ccc(C(=O)O)c(O)c3)N(C)C2=O)cc1)C(=O)O. The number of hydrogen-bond donors (Lipinski definition) is 3. The van der Waals surface area contributed by atoms with Gasteiger partial charge in [0.15, 0.2) is 11.3 Å². The third-order valence-corrected chi connectivity index (χ3v) is 5.60. The maximum atomic E-state index is 12.6. The zero-order chi connectivity index (χ0) is 23.4. The molecule has 1 aliphatic heterocycles. The van der Waals surface area contributed by atoms with Gasteiger partial charge in [0, 0.05) is 13.1 Å². The summed E-state index contributed by atoms with van der Waals surface area (Å²) in [5, 5.41) is 28.3. The highest BCUT2D eigenvalue weighted by Gasteiger charge is 2.30. The van der Waals surface area contributed by atoms with Crippen molar-refractivity contribution in [1.29, 1.82) is 0 Å². The van der Waals surface area contributed by atoms with Gasteiger partial charge in [0.1, 0.15) is 17.1 Å². The summed E-state index contributed by atoms with van der Waals surface area (Å²) < 4.78 is 5.43. The van der Waals surface area contributed by atoms with E-state index in [4.69, 9.17) is 14.9 Å². The summed E-state index contributed by atoms with van der Waals surface area (Å²) >= 11 is 1.14. The lowest BCUT2D eigenvalue weighted by Gasteiger charge is -2.13. The van der Waals surface area contributed by atoms with E-state index in [1.807, 2.05) is 0 Å². The highest BCUT2D eigenvalue weighted by Crippen LogP contribution is 2.34. The first-order chi connectivity index (χ1) is 15.2. The molecule has 1 heterocycles. The Kier molecular flexibility index (Phi) is 6.84. The summed E-state index contributed by atoms with van der Waals surface area (Å²) in [5.41, 5.74) is 0.787. The van der Waals surface area contributed by atoms with Crippen LogP contribution < -0.4 is 4.74 Å². The highest BCUT2D eigenvalue weighted by atomic mass is 32.2. The van der Waals surface area contributed by atoms with Crippen LogP contribution >= 0.6 is 11.8 Å². The molecule has 1 fully saturated rings. The molecule has 32 heavy (non-hydrogen) atoms. The van der Waals surface area contributed by atoms with Gasteiger partial charge in [0.25, 0.3) is 5.91 Å². The summed E-state index contributed by atoms with van der Waals surface area (Å²) in [6, 6.07) is 10.6. The predicted molar refractivity (Wildman–Crippen MR) is 119 cm³/mol. The fraction of sp³-hybridized carbons (Fsp3) is 0.182. The molecule has 1 saturated heterocycles. The molecule has 1 aliphatic rings. The third-order valence-electron chi connectivity index (χ3n) is 4.54. The maximum Gasteiger partial charge on any atom is 0.344 e. The second-order valence-corrected chi connectivity index (χ2v) is 7.81. The molecule has 1 amide bonds. The molecule has 0 spiro atoms. The number of aliphatic carboxylic acids is 1. The van der Waals surface area contributed by atoms with E-state index >= 15 is 0 Å². The second kappa shape index (κ2) is 9.56. The van der Waals surface area contributed by atoms with Gasteiger partial charge in [-0.25, -0.2) is 14.6 Å². The monoisotopic (exact) mass is 456 g/mol. The van der Waals surface area contributed by atoms with Gasteiger partial charge >= 0.3 is 11.9 Å². The Labute approximate surface area is 187 Å². The van der Waals surface area contributed by atoms with Crippen LogP contribution in [0.5, 0.6) is 11.5 Å². The Bertz CT molecular complexity index is 1130. The van der Waals surface area contributed by atoms with E-state index in [0.29, 0.717) is 27.9 Å². The number of aromatic hydroxyl groups is 1. The van der Waals surface area contributed by atoms with Gasteiger partial charge in [-0.3, -0.25) is 9.69 Å². The van der Waals surface area contributed by atoms with E-state index in [1.165, 1.54) is 23.1 Å². The molecule has 0 bridgehead atoms. The molecule has 1 unspecified atom stereocenters. The number of amides is 1. The molecule has 0 aromatic heterocycles. The first-order valence-electron chi connectivity index (χ1n) is 9.51. The smallest absolute Gasteiger partial charge is 0.344 e. The summed E-state index contributed by atoms with van der Waals surface area (Å²) in [6.45, 7) is 1.72. The molecule has 9 nitrogen and oxygen atoms in total. The number of ether oxygens (including phenoxy) is 1. The minimum Gasteiger partial charge on any atom is -0.507 e. The quantitative estimate of drug-likeness (QED) is 0.538. The van der Waals surface area contributed by atoms with E-state index in [1.54, 1.807) is 44.3 Å². The standard InChI is InChI=1S/C22H20N2O7S/c1-3-17(21(29)30)31-14-7-4-12(5-8-14)10-18-19(26)24(2)22(32-18)23-13-6-9-15(20(27)28)16(25)11-13/h4-11,17,25H,3H2,1-2H3,(H,27,28)(H,29,30)/b18-10-,23-22?. The van der Waals surface area contributed by atoms with Crippen LogP contribution in [0.25, 0.3) is 6.08 Å². The van der Waals surface area contributed by atoms with Crippen LogP contribution in [0, 0.1) is 0 Å². The number of carboxylic acids is 2. The van der Waals surface area contributed by atoms with Crippen molar-refractivity contribution in [2.24, 2.45) is 4.99 Å². The Morgan fingerprint density at radius 2 is 1.88 bits per heavy atom. The first kappa shape index (κ1) is 22.9. The second-order valence-electron chi connectivity index (χ2n) is 6.80. The van der Waals surface area contributed by atoms with Gasteiger partial charge < -0.3 is 20.1 Å². The summed E-state index contributed by atoms with van der Waals surface area (Å²) in [4.78, 5) is 40.8. The normalized spacial score (nSPS) is 17.1. The van der Waals surface area contributed by atoms with Gasteiger partial charge in [0.2, 0.25) is 0 Å². The minimum atomic E-state index is -1.25. The lowest BCUT2D eigenvalue weighted by Crippen LogP contribution is -2.25. The Morgan fingerprint density at radius 1 is 1.19 bits per heavy atom. The molecule has 10 heteroatoms. The topological polar surface area (TPSA) is 137 Å². The number of likely N-dealkylation sites (N-methyl/N-ethyl adjacent to an activating group) is 1. The largest absolute Gasteiger partial charge is 0.507 e. The number of carboxylic acid groups (broad SMARTS) is 2. The van der Waals surface area contributed by atoms with Crippen molar-refractivity contribution in [3.63, 3.8) is 0 Å². The van der Waals surface area contributed by atoms with Crippen molar-refractivity contribution in [3.8, 4) is 11.5 Å². The number of aliphatic imine (C=N–C) groups is 1. The van der Waals surface area contributed by atoms with E-state index < -0.39 is 23.8 Å². The number of benzene rings is 2. The van der Waals surface area contributed by atoms with Crippen molar-refractivity contribution < 1.29 is 34.4 Å². The van der Waals surface area contributed by atoms with Gasteiger partial charge in [-0.2, -0.15) is 0 Å². The highest BCUT2D eigenvalue weighted by molar-refractivity contribution is 8.18. The molecule has 1 atom stereocenters. The zero-order valence-electron chi connectivity index (χ0n) is 17.2. The number of rotatable bonds is 7. The van der Waals surface area contributed by atoms with E-state index in [9.17, 15) is 19.5 Å². The van der Waals surface area contributed by atoms with Crippen molar-refractivity contribution in [1.82, 2.24) is 4.90 Å². The van der Waals surface area contributed by atoms with Crippen LogP contribution in [-0.2, 0) is 9.59 Å². The number of aromatic carboxylic acids is 1. The van der Waals surface area contributed by atoms with Gasteiger partial charge in [-0.15, -0.1) is 0 Å². The first-order valence-corrected chi connectivity index (χ1v) is 10.3. The molecule has 2 aromatic carbocycles. The molecule has 0 radical (unpaired) electrons.